The Bertz CT molecular complexity index is 428. The van der Waals surface area contributed by atoms with E-state index in [1.54, 1.807) is 0 Å². The predicted octanol–water partition coefficient (Wildman–Crippen LogP) is 0.811. The number of nitrogens with two attached hydrogens (primary N) is 1. The fraction of sp³-hybridized carbons (Fsp3) is 0.636. The summed E-state index contributed by atoms with van der Waals surface area (Å²) in [6, 6.07) is 0. The van der Waals surface area contributed by atoms with Gasteiger partial charge in [-0.2, -0.15) is 0 Å². The lowest BCUT2D eigenvalue weighted by Crippen LogP contribution is -2.32. The van der Waals surface area contributed by atoms with E-state index >= 15 is 0 Å². The van der Waals surface area contributed by atoms with Crippen molar-refractivity contribution in [3.8, 4) is 0 Å². The molecule has 4 nitrogen and oxygen atoms in total. The van der Waals surface area contributed by atoms with Gasteiger partial charge >= 0.3 is 0 Å². The number of fused-ring (bicyclic) bond motifs is 1. The van der Waals surface area contributed by atoms with Gasteiger partial charge in [0, 0.05) is 24.2 Å². The van der Waals surface area contributed by atoms with Gasteiger partial charge in [-0.05, 0) is 32.7 Å². The summed E-state index contributed by atoms with van der Waals surface area (Å²) in [6.07, 6.45) is 3.79. The van der Waals surface area contributed by atoms with Gasteiger partial charge in [0.15, 0.2) is 0 Å². The Morgan fingerprint density at radius 1 is 1.44 bits per heavy atom. The topological polar surface area (TPSA) is 60.9 Å². The van der Waals surface area contributed by atoms with Gasteiger partial charge in [-0.3, -0.25) is 9.36 Å². The average Bonchev–Trinajstić information content (AvgIpc) is 2.24. The highest BCUT2D eigenvalue weighted by atomic mass is 35.5. The molecule has 2 N–H and O–H groups in total. The summed E-state index contributed by atoms with van der Waals surface area (Å²) in [6.45, 7) is 3.23. The second-order valence-electron chi connectivity index (χ2n) is 4.04. The van der Waals surface area contributed by atoms with Gasteiger partial charge in [-0.15, -0.1) is 12.4 Å². The Morgan fingerprint density at radius 2 is 2.19 bits per heavy atom. The van der Waals surface area contributed by atoms with Crippen molar-refractivity contribution in [1.29, 1.82) is 0 Å². The highest BCUT2D eigenvalue weighted by molar-refractivity contribution is 5.85. The van der Waals surface area contributed by atoms with Gasteiger partial charge in [-0.25, -0.2) is 4.98 Å². The Hall–Kier alpha value is -0.870. The quantitative estimate of drug-likeness (QED) is 0.836. The zero-order valence-electron chi connectivity index (χ0n) is 9.53. The second-order valence-corrected chi connectivity index (χ2v) is 4.04. The molecule has 0 aliphatic carbocycles. The van der Waals surface area contributed by atoms with Gasteiger partial charge in [0.2, 0.25) is 0 Å². The normalized spacial score (nSPS) is 14.1. The van der Waals surface area contributed by atoms with Gasteiger partial charge < -0.3 is 5.73 Å². The lowest BCUT2D eigenvalue weighted by molar-refractivity contribution is 0.489. The van der Waals surface area contributed by atoms with Gasteiger partial charge in [-0.1, -0.05) is 0 Å². The first-order valence-corrected chi connectivity index (χ1v) is 5.53. The van der Waals surface area contributed by atoms with Crippen molar-refractivity contribution in [2.75, 3.05) is 6.54 Å². The number of aromatic nitrogens is 2. The summed E-state index contributed by atoms with van der Waals surface area (Å²) in [5.41, 5.74) is 7.28. The van der Waals surface area contributed by atoms with Crippen molar-refractivity contribution in [1.82, 2.24) is 9.55 Å². The van der Waals surface area contributed by atoms with Crippen molar-refractivity contribution in [2.45, 2.75) is 39.2 Å². The maximum Gasteiger partial charge on any atom is 0.256 e. The molecular weight excluding hydrogens is 226 g/mol. The minimum atomic E-state index is 0. The van der Waals surface area contributed by atoms with Crippen LogP contribution < -0.4 is 11.3 Å². The molecule has 1 aliphatic heterocycles. The molecule has 0 radical (unpaired) electrons. The monoisotopic (exact) mass is 243 g/mol. The van der Waals surface area contributed by atoms with E-state index in [2.05, 4.69) is 4.98 Å². The smallest absolute Gasteiger partial charge is 0.256 e. The molecule has 0 spiro atoms. The maximum absolute atomic E-state index is 12.1. The molecule has 90 valence electrons. The van der Waals surface area contributed by atoms with Crippen LogP contribution in [0.4, 0.5) is 0 Å². The zero-order chi connectivity index (χ0) is 10.8. The van der Waals surface area contributed by atoms with Crippen molar-refractivity contribution < 1.29 is 0 Å². The molecule has 0 amide bonds. The molecule has 2 rings (SSSR count). The third-order valence-corrected chi connectivity index (χ3v) is 2.97. The molecule has 16 heavy (non-hydrogen) atoms. The first-order chi connectivity index (χ1) is 7.24. The van der Waals surface area contributed by atoms with Crippen LogP contribution in [-0.2, 0) is 19.4 Å². The molecule has 0 atom stereocenters. The van der Waals surface area contributed by atoms with E-state index in [1.807, 2.05) is 11.5 Å². The van der Waals surface area contributed by atoms with E-state index in [-0.39, 0.29) is 18.0 Å². The average molecular weight is 244 g/mol. The molecule has 0 aromatic carbocycles. The van der Waals surface area contributed by atoms with Crippen LogP contribution in [0.25, 0.3) is 0 Å². The van der Waals surface area contributed by atoms with Crippen molar-refractivity contribution in [2.24, 2.45) is 5.73 Å². The van der Waals surface area contributed by atoms with E-state index in [9.17, 15) is 4.79 Å². The molecule has 1 aromatic heterocycles. The number of aryl methyl sites for hydroxylation is 2. The molecule has 0 saturated carbocycles. The van der Waals surface area contributed by atoms with Gasteiger partial charge in [0.05, 0.1) is 0 Å². The summed E-state index contributed by atoms with van der Waals surface area (Å²) in [5, 5.41) is 0. The summed E-state index contributed by atoms with van der Waals surface area (Å²) in [4.78, 5) is 16.6. The third kappa shape index (κ3) is 2.28. The minimum absolute atomic E-state index is 0. The molecule has 0 saturated heterocycles. The Balaban J connectivity index is 0.00000128. The zero-order valence-corrected chi connectivity index (χ0v) is 10.3. The standard InChI is InChI=1S/C11H17N3O.ClH/c1-8-9(5-6-12)11(15)14-7-3-2-4-10(14)13-8;/h2-7,12H2,1H3;1H. The molecule has 0 unspecified atom stereocenters. The highest BCUT2D eigenvalue weighted by Gasteiger charge is 2.15. The molecular formula is C11H18ClN3O. The number of halogens is 1. The first kappa shape index (κ1) is 13.2. The van der Waals surface area contributed by atoms with Crippen LogP contribution in [0.1, 0.15) is 29.9 Å². The Labute approximate surface area is 101 Å². The fourth-order valence-corrected chi connectivity index (χ4v) is 2.16. The van der Waals surface area contributed by atoms with E-state index in [1.165, 1.54) is 0 Å². The van der Waals surface area contributed by atoms with E-state index in [0.29, 0.717) is 13.0 Å². The SMILES string of the molecule is Cc1nc2n(c(=O)c1CCN)CCCC2.Cl. The molecule has 0 bridgehead atoms. The molecule has 5 heteroatoms. The van der Waals surface area contributed by atoms with Crippen molar-refractivity contribution in [3.05, 3.63) is 27.4 Å². The van der Waals surface area contributed by atoms with Crippen LogP contribution >= 0.6 is 12.4 Å². The minimum Gasteiger partial charge on any atom is -0.330 e. The number of hydrogen-bond acceptors (Lipinski definition) is 3. The van der Waals surface area contributed by atoms with E-state index in [4.69, 9.17) is 5.73 Å². The lowest BCUT2D eigenvalue weighted by atomic mass is 10.1. The summed E-state index contributed by atoms with van der Waals surface area (Å²) in [5.74, 6) is 0.949. The fourth-order valence-electron chi connectivity index (χ4n) is 2.16. The number of hydrogen-bond donors (Lipinski definition) is 1. The molecule has 1 aliphatic rings. The summed E-state index contributed by atoms with van der Waals surface area (Å²) < 4.78 is 1.82. The lowest BCUT2D eigenvalue weighted by Gasteiger charge is -2.19. The molecule has 2 heterocycles. The van der Waals surface area contributed by atoms with E-state index in [0.717, 1.165) is 42.9 Å². The van der Waals surface area contributed by atoms with Crippen molar-refractivity contribution in [3.63, 3.8) is 0 Å². The van der Waals surface area contributed by atoms with Crippen LogP contribution in [0.2, 0.25) is 0 Å². The van der Waals surface area contributed by atoms with Gasteiger partial charge in [0.25, 0.3) is 5.56 Å². The Morgan fingerprint density at radius 3 is 2.88 bits per heavy atom. The number of rotatable bonds is 2. The van der Waals surface area contributed by atoms with Gasteiger partial charge in [0.1, 0.15) is 5.82 Å². The first-order valence-electron chi connectivity index (χ1n) is 5.53. The third-order valence-electron chi connectivity index (χ3n) is 2.97. The van der Waals surface area contributed by atoms with Crippen LogP contribution in [0.5, 0.6) is 0 Å². The summed E-state index contributed by atoms with van der Waals surface area (Å²) >= 11 is 0. The predicted molar refractivity (Wildman–Crippen MR) is 66.2 cm³/mol. The second kappa shape index (κ2) is 5.46. The largest absolute Gasteiger partial charge is 0.330 e. The number of nitrogens with zero attached hydrogens (tertiary/aromatic N) is 2. The maximum atomic E-state index is 12.1. The van der Waals surface area contributed by atoms with Crippen molar-refractivity contribution >= 4 is 12.4 Å². The van der Waals surface area contributed by atoms with E-state index < -0.39 is 0 Å². The summed E-state index contributed by atoms with van der Waals surface area (Å²) in [7, 11) is 0. The van der Waals surface area contributed by atoms with Crippen LogP contribution in [-0.4, -0.2) is 16.1 Å². The Kier molecular flexibility index (Phi) is 4.50. The van der Waals surface area contributed by atoms with Crippen LogP contribution in [0.3, 0.4) is 0 Å². The van der Waals surface area contributed by atoms with Crippen LogP contribution in [0, 0.1) is 6.92 Å². The highest BCUT2D eigenvalue weighted by Crippen LogP contribution is 2.12. The van der Waals surface area contributed by atoms with Crippen LogP contribution in [0.15, 0.2) is 4.79 Å². The molecule has 0 fully saturated rings. The molecule has 1 aromatic rings.